The molecule has 0 unspecified atom stereocenters. The van der Waals surface area contributed by atoms with Crippen LogP contribution in [0.3, 0.4) is 0 Å². The maximum absolute atomic E-state index is 12.0. The van der Waals surface area contributed by atoms with Crippen molar-refractivity contribution >= 4 is 31.9 Å². The monoisotopic (exact) mass is 413 g/mol. The molecule has 0 aliphatic rings. The second-order valence-corrected chi connectivity index (χ2v) is 7.35. The van der Waals surface area contributed by atoms with E-state index in [1.54, 1.807) is 24.3 Å². The molecule has 6 nitrogen and oxygen atoms in total. The Kier molecular flexibility index (Phi) is 6.77. The molecule has 0 amide bonds. The normalized spacial score (nSPS) is 11.0. The molecule has 2 aromatic rings. The van der Waals surface area contributed by atoms with Gasteiger partial charge >= 0.3 is 5.97 Å². The van der Waals surface area contributed by atoms with Crippen LogP contribution >= 0.6 is 15.9 Å². The van der Waals surface area contributed by atoms with Crippen LogP contribution < -0.4 is 9.46 Å². The van der Waals surface area contributed by atoms with Gasteiger partial charge < -0.3 is 9.47 Å². The van der Waals surface area contributed by atoms with Crippen LogP contribution in [0.1, 0.15) is 0 Å². The molecule has 1 N–H and O–H groups in total. The van der Waals surface area contributed by atoms with Gasteiger partial charge in [0.2, 0.25) is 10.0 Å². The Morgan fingerprint density at radius 3 is 2.50 bits per heavy atom. The van der Waals surface area contributed by atoms with Gasteiger partial charge in [0.05, 0.1) is 4.90 Å². The van der Waals surface area contributed by atoms with Gasteiger partial charge in [0, 0.05) is 4.47 Å². The first-order chi connectivity index (χ1) is 11.5. The van der Waals surface area contributed by atoms with Crippen LogP contribution in [0, 0.1) is 0 Å². The van der Waals surface area contributed by atoms with Crippen molar-refractivity contribution in [2.24, 2.45) is 0 Å². The van der Waals surface area contributed by atoms with Crippen molar-refractivity contribution in [3.05, 3.63) is 59.1 Å². The van der Waals surface area contributed by atoms with Crippen LogP contribution in [0.15, 0.2) is 64.0 Å². The summed E-state index contributed by atoms with van der Waals surface area (Å²) in [6.07, 6.45) is 0. The molecule has 0 radical (unpaired) electrons. The summed E-state index contributed by atoms with van der Waals surface area (Å²) in [4.78, 5) is 11.7. The second kappa shape index (κ2) is 8.81. The number of esters is 1. The van der Waals surface area contributed by atoms with E-state index in [4.69, 9.17) is 9.47 Å². The van der Waals surface area contributed by atoms with Crippen molar-refractivity contribution in [3.8, 4) is 5.75 Å². The number of carbonyl (C=O) groups is 1. The van der Waals surface area contributed by atoms with E-state index in [2.05, 4.69) is 20.7 Å². The summed E-state index contributed by atoms with van der Waals surface area (Å²) >= 11 is 3.20. The van der Waals surface area contributed by atoms with Crippen LogP contribution in [-0.2, 0) is 19.6 Å². The van der Waals surface area contributed by atoms with Gasteiger partial charge in [0.25, 0.3) is 0 Å². The molecule has 8 heteroatoms. The molecular formula is C16H16BrNO5S. The summed E-state index contributed by atoms with van der Waals surface area (Å²) in [5, 5.41) is 0. The Morgan fingerprint density at radius 2 is 1.79 bits per heavy atom. The molecule has 24 heavy (non-hydrogen) atoms. The highest BCUT2D eigenvalue weighted by Crippen LogP contribution is 2.15. The number of halogens is 1. The minimum atomic E-state index is -3.76. The first-order valence-corrected chi connectivity index (χ1v) is 9.34. The van der Waals surface area contributed by atoms with Crippen LogP contribution in [0.25, 0.3) is 0 Å². The van der Waals surface area contributed by atoms with E-state index in [-0.39, 0.29) is 18.1 Å². The quantitative estimate of drug-likeness (QED) is 0.530. The molecule has 0 aliphatic heterocycles. The minimum Gasteiger partial charge on any atom is -0.490 e. The predicted octanol–water partition coefficient (Wildman–Crippen LogP) is 2.35. The van der Waals surface area contributed by atoms with Gasteiger partial charge in [-0.25, -0.2) is 8.42 Å². The highest BCUT2D eigenvalue weighted by Gasteiger charge is 2.16. The molecule has 128 valence electrons. The number of sulfonamides is 1. The van der Waals surface area contributed by atoms with Crippen LogP contribution in [-0.4, -0.2) is 34.1 Å². The van der Waals surface area contributed by atoms with Gasteiger partial charge in [-0.3, -0.25) is 4.79 Å². The fourth-order valence-corrected chi connectivity index (χ4v) is 3.32. The lowest BCUT2D eigenvalue weighted by Gasteiger charge is -2.09. The molecule has 0 saturated heterocycles. The molecule has 0 bridgehead atoms. The number of hydrogen-bond acceptors (Lipinski definition) is 5. The van der Waals surface area contributed by atoms with Crippen LogP contribution in [0.2, 0.25) is 0 Å². The van der Waals surface area contributed by atoms with Gasteiger partial charge in [0.1, 0.15) is 25.5 Å². The van der Waals surface area contributed by atoms with E-state index in [1.807, 2.05) is 18.2 Å². The zero-order chi connectivity index (χ0) is 17.4. The largest absolute Gasteiger partial charge is 0.490 e. The van der Waals surface area contributed by atoms with Crippen LogP contribution in [0.5, 0.6) is 5.75 Å². The summed E-state index contributed by atoms with van der Waals surface area (Å²) in [5.41, 5.74) is 0. The Hall–Kier alpha value is -1.90. The molecule has 0 saturated carbocycles. The van der Waals surface area contributed by atoms with Crippen LogP contribution in [0.4, 0.5) is 0 Å². The van der Waals surface area contributed by atoms with E-state index >= 15 is 0 Å². The number of benzene rings is 2. The predicted molar refractivity (Wildman–Crippen MR) is 92.2 cm³/mol. The molecule has 0 heterocycles. The molecule has 0 spiro atoms. The molecule has 0 aliphatic carbocycles. The Morgan fingerprint density at radius 1 is 1.04 bits per heavy atom. The molecular weight excluding hydrogens is 398 g/mol. The van der Waals surface area contributed by atoms with Crippen molar-refractivity contribution in [1.82, 2.24) is 4.72 Å². The van der Waals surface area contributed by atoms with Crippen molar-refractivity contribution in [2.45, 2.75) is 4.90 Å². The van der Waals surface area contributed by atoms with E-state index in [1.165, 1.54) is 12.1 Å². The van der Waals surface area contributed by atoms with Gasteiger partial charge in [-0.1, -0.05) is 40.2 Å². The Bertz CT molecular complexity index is 780. The third kappa shape index (κ3) is 5.95. The third-order valence-electron chi connectivity index (χ3n) is 2.87. The first-order valence-electron chi connectivity index (χ1n) is 7.06. The summed E-state index contributed by atoms with van der Waals surface area (Å²) in [5.74, 6) is -0.00543. The number of ether oxygens (including phenoxy) is 2. The second-order valence-electron chi connectivity index (χ2n) is 4.66. The maximum Gasteiger partial charge on any atom is 0.321 e. The Balaban J connectivity index is 1.73. The molecule has 0 aromatic heterocycles. The molecule has 2 rings (SSSR count). The summed E-state index contributed by atoms with van der Waals surface area (Å²) in [6, 6.07) is 15.3. The van der Waals surface area contributed by atoms with Gasteiger partial charge in [0.15, 0.2) is 0 Å². The summed E-state index contributed by atoms with van der Waals surface area (Å²) in [6.45, 7) is -0.222. The number of hydrogen-bond donors (Lipinski definition) is 1. The number of carbonyl (C=O) groups excluding carboxylic acids is 1. The Labute approximate surface area is 149 Å². The highest BCUT2D eigenvalue weighted by molar-refractivity contribution is 9.10. The van der Waals surface area contributed by atoms with E-state index in [0.29, 0.717) is 10.2 Å². The smallest absolute Gasteiger partial charge is 0.321 e. The van der Waals surface area contributed by atoms with Crippen molar-refractivity contribution in [1.29, 1.82) is 0 Å². The zero-order valence-corrected chi connectivity index (χ0v) is 15.0. The number of rotatable bonds is 8. The average Bonchev–Trinajstić information content (AvgIpc) is 2.58. The average molecular weight is 414 g/mol. The van der Waals surface area contributed by atoms with Crippen molar-refractivity contribution in [2.75, 3.05) is 19.8 Å². The standard InChI is InChI=1S/C16H16BrNO5S/c17-13-5-4-8-15(11-13)24(20,21)18-12-16(19)23-10-9-22-14-6-2-1-3-7-14/h1-8,11,18H,9-10,12H2. The SMILES string of the molecule is O=C(CNS(=O)(=O)c1cccc(Br)c1)OCCOc1ccccc1. The topological polar surface area (TPSA) is 81.7 Å². The van der Waals surface area contributed by atoms with E-state index < -0.39 is 22.5 Å². The molecule has 0 fully saturated rings. The third-order valence-corrected chi connectivity index (χ3v) is 4.76. The highest BCUT2D eigenvalue weighted by atomic mass is 79.9. The lowest BCUT2D eigenvalue weighted by atomic mass is 10.3. The fraction of sp³-hybridized carbons (Fsp3) is 0.188. The minimum absolute atomic E-state index is 0.0341. The lowest BCUT2D eigenvalue weighted by Crippen LogP contribution is -2.31. The van der Waals surface area contributed by atoms with Gasteiger partial charge in [-0.15, -0.1) is 0 Å². The van der Waals surface area contributed by atoms with Crippen molar-refractivity contribution < 1.29 is 22.7 Å². The zero-order valence-electron chi connectivity index (χ0n) is 12.6. The van der Waals surface area contributed by atoms with E-state index in [9.17, 15) is 13.2 Å². The van der Waals surface area contributed by atoms with E-state index in [0.717, 1.165) is 0 Å². The number of nitrogens with one attached hydrogen (secondary N) is 1. The molecule has 0 atom stereocenters. The number of para-hydroxylation sites is 1. The van der Waals surface area contributed by atoms with Gasteiger partial charge in [-0.05, 0) is 30.3 Å². The fourth-order valence-electron chi connectivity index (χ4n) is 1.75. The van der Waals surface area contributed by atoms with Gasteiger partial charge in [-0.2, -0.15) is 4.72 Å². The molecule has 2 aromatic carbocycles. The maximum atomic E-state index is 12.0. The first kappa shape index (κ1) is 18.4. The lowest BCUT2D eigenvalue weighted by molar-refractivity contribution is -0.142. The summed E-state index contributed by atoms with van der Waals surface area (Å²) < 4.78 is 37.2. The van der Waals surface area contributed by atoms with Crippen molar-refractivity contribution in [3.63, 3.8) is 0 Å². The summed E-state index contributed by atoms with van der Waals surface area (Å²) in [7, 11) is -3.76.